The van der Waals surface area contributed by atoms with Gasteiger partial charge in [-0.3, -0.25) is 9.88 Å². The van der Waals surface area contributed by atoms with Gasteiger partial charge < -0.3 is 10.3 Å². The predicted octanol–water partition coefficient (Wildman–Crippen LogP) is 5.53. The van der Waals surface area contributed by atoms with Crippen molar-refractivity contribution in [3.63, 3.8) is 0 Å². The Morgan fingerprint density at radius 1 is 1.21 bits per heavy atom. The number of rotatable bonds is 7. The van der Waals surface area contributed by atoms with Gasteiger partial charge in [0.1, 0.15) is 0 Å². The van der Waals surface area contributed by atoms with Gasteiger partial charge in [0.05, 0.1) is 16.4 Å². The van der Waals surface area contributed by atoms with Gasteiger partial charge >= 0.3 is 0 Å². The molecule has 1 atom stereocenters. The summed E-state index contributed by atoms with van der Waals surface area (Å²) >= 11 is 12.4. The summed E-state index contributed by atoms with van der Waals surface area (Å²) in [6, 6.07) is 10.1. The molecule has 0 saturated heterocycles. The van der Waals surface area contributed by atoms with Crippen LogP contribution in [0.2, 0.25) is 10.0 Å². The van der Waals surface area contributed by atoms with E-state index in [9.17, 15) is 0 Å². The number of halogens is 2. The summed E-state index contributed by atoms with van der Waals surface area (Å²) in [5.74, 6) is 0.538. The van der Waals surface area contributed by atoms with Crippen molar-refractivity contribution in [3.8, 4) is 0 Å². The quantitative estimate of drug-likeness (QED) is 0.484. The highest BCUT2D eigenvalue weighted by molar-refractivity contribution is 6.31. The van der Waals surface area contributed by atoms with E-state index in [0.29, 0.717) is 5.92 Å². The van der Waals surface area contributed by atoms with E-state index in [2.05, 4.69) is 46.2 Å². The third-order valence-electron chi connectivity index (χ3n) is 5.87. The number of aromatic amines is 1. The molecule has 4 nitrogen and oxygen atoms in total. The summed E-state index contributed by atoms with van der Waals surface area (Å²) in [6.07, 6.45) is 1.99. The minimum atomic E-state index is 0.538. The summed E-state index contributed by atoms with van der Waals surface area (Å²) in [4.78, 5) is 10.8. The number of aryl methyl sites for hydroxylation is 1. The van der Waals surface area contributed by atoms with Crippen LogP contribution < -0.4 is 5.32 Å². The van der Waals surface area contributed by atoms with E-state index >= 15 is 0 Å². The number of nitrogens with zero attached hydrogens (tertiary/aromatic N) is 2. The molecule has 154 valence electrons. The van der Waals surface area contributed by atoms with Crippen LogP contribution in [0, 0.1) is 0 Å². The van der Waals surface area contributed by atoms with Gasteiger partial charge in [-0.05, 0) is 54.7 Å². The molecule has 29 heavy (non-hydrogen) atoms. The zero-order chi connectivity index (χ0) is 20.4. The van der Waals surface area contributed by atoms with Gasteiger partial charge in [-0.1, -0.05) is 37.0 Å². The van der Waals surface area contributed by atoms with Crippen molar-refractivity contribution >= 4 is 34.1 Å². The Hall–Kier alpha value is -1.59. The fraction of sp³-hybridized carbons (Fsp3) is 0.435. The van der Waals surface area contributed by atoms with Crippen LogP contribution in [0.1, 0.15) is 48.8 Å². The molecule has 3 aromatic rings. The van der Waals surface area contributed by atoms with Crippen LogP contribution in [-0.2, 0) is 19.5 Å². The van der Waals surface area contributed by atoms with Crippen LogP contribution in [0.15, 0.2) is 30.3 Å². The number of nitrogens with one attached hydrogen (secondary N) is 2. The molecule has 2 N–H and O–H groups in total. The fourth-order valence-corrected chi connectivity index (χ4v) is 4.77. The second-order valence-electron chi connectivity index (χ2n) is 7.81. The maximum Gasteiger partial charge on any atom is 0.0621 e. The molecule has 3 heterocycles. The summed E-state index contributed by atoms with van der Waals surface area (Å²) in [5.41, 5.74) is 6.02. The summed E-state index contributed by atoms with van der Waals surface area (Å²) in [6.45, 7) is 9.12. The van der Waals surface area contributed by atoms with Crippen molar-refractivity contribution in [1.29, 1.82) is 0 Å². The zero-order valence-electron chi connectivity index (χ0n) is 17.1. The zero-order valence-corrected chi connectivity index (χ0v) is 18.6. The lowest BCUT2D eigenvalue weighted by Gasteiger charge is -2.32. The molecule has 0 aliphatic carbocycles. The number of benzene rings is 1. The summed E-state index contributed by atoms with van der Waals surface area (Å²) in [5, 5.41) is 6.39. The molecular weight excluding hydrogens is 403 g/mol. The van der Waals surface area contributed by atoms with E-state index in [1.807, 2.05) is 18.2 Å². The SMILES string of the molecule is CCc1nc(CNCCN2Cc3[nH]c4ccc(Cl)cc4c3C(CC)C2)ccc1Cl. The molecule has 4 rings (SSSR count). The number of aromatic nitrogens is 2. The van der Waals surface area contributed by atoms with Crippen molar-refractivity contribution < 1.29 is 0 Å². The third kappa shape index (κ3) is 4.46. The highest BCUT2D eigenvalue weighted by Crippen LogP contribution is 2.37. The molecule has 6 heteroatoms. The molecule has 1 aliphatic rings. The average molecular weight is 431 g/mol. The molecule has 0 radical (unpaired) electrons. The number of hydrogen-bond acceptors (Lipinski definition) is 3. The first kappa shape index (κ1) is 20.7. The Balaban J connectivity index is 1.38. The molecule has 0 amide bonds. The molecule has 0 fully saturated rings. The molecular formula is C23H28Cl2N4. The monoisotopic (exact) mass is 430 g/mol. The van der Waals surface area contributed by atoms with Gasteiger partial charge in [0.15, 0.2) is 0 Å². The van der Waals surface area contributed by atoms with Crippen LogP contribution in [0.4, 0.5) is 0 Å². The number of fused-ring (bicyclic) bond motifs is 3. The lowest BCUT2D eigenvalue weighted by molar-refractivity contribution is 0.226. The first-order valence-electron chi connectivity index (χ1n) is 10.5. The molecule has 0 saturated carbocycles. The summed E-state index contributed by atoms with van der Waals surface area (Å²) in [7, 11) is 0. The lowest BCUT2D eigenvalue weighted by atomic mass is 9.90. The second kappa shape index (κ2) is 9.05. The van der Waals surface area contributed by atoms with E-state index in [0.717, 1.165) is 67.0 Å². The van der Waals surface area contributed by atoms with Crippen molar-refractivity contribution in [1.82, 2.24) is 20.2 Å². The second-order valence-corrected chi connectivity index (χ2v) is 8.65. The Bertz CT molecular complexity index is 998. The van der Waals surface area contributed by atoms with Gasteiger partial charge in [-0.25, -0.2) is 0 Å². The minimum Gasteiger partial charge on any atom is -0.357 e. The van der Waals surface area contributed by atoms with Gasteiger partial charge in [0.25, 0.3) is 0 Å². The maximum absolute atomic E-state index is 6.26. The number of H-pyrrole nitrogens is 1. The van der Waals surface area contributed by atoms with Crippen LogP contribution >= 0.6 is 23.2 Å². The van der Waals surface area contributed by atoms with Gasteiger partial charge in [0.2, 0.25) is 0 Å². The standard InChI is InChI=1S/C23H28Cl2N4/c1-3-15-13-29(10-9-26-12-17-6-7-19(25)20(4-2)27-17)14-22-23(15)18-11-16(24)5-8-21(18)28-22/h5-8,11,15,26,28H,3-4,9-10,12-14H2,1-2H3. The van der Waals surface area contributed by atoms with E-state index < -0.39 is 0 Å². The van der Waals surface area contributed by atoms with Crippen molar-refractivity contribution in [2.24, 2.45) is 0 Å². The molecule has 2 aromatic heterocycles. The van der Waals surface area contributed by atoms with Gasteiger partial charge in [0, 0.05) is 54.3 Å². The first-order valence-corrected chi connectivity index (χ1v) is 11.2. The summed E-state index contributed by atoms with van der Waals surface area (Å²) < 4.78 is 0. The smallest absolute Gasteiger partial charge is 0.0621 e. The van der Waals surface area contributed by atoms with E-state index in [-0.39, 0.29) is 0 Å². The average Bonchev–Trinajstić information content (AvgIpc) is 3.09. The van der Waals surface area contributed by atoms with E-state index in [1.165, 1.54) is 22.2 Å². The van der Waals surface area contributed by atoms with Crippen LogP contribution in [0.5, 0.6) is 0 Å². The lowest BCUT2D eigenvalue weighted by Crippen LogP contribution is -2.37. The topological polar surface area (TPSA) is 44.0 Å². The highest BCUT2D eigenvalue weighted by Gasteiger charge is 2.27. The molecule has 0 spiro atoms. The van der Waals surface area contributed by atoms with E-state index in [4.69, 9.17) is 23.2 Å². The Labute approximate surface area is 182 Å². The van der Waals surface area contributed by atoms with Crippen LogP contribution in [0.25, 0.3) is 10.9 Å². The van der Waals surface area contributed by atoms with Crippen LogP contribution in [0.3, 0.4) is 0 Å². The first-order chi connectivity index (χ1) is 14.1. The third-order valence-corrected chi connectivity index (χ3v) is 6.45. The Morgan fingerprint density at radius 2 is 2.07 bits per heavy atom. The fourth-order valence-electron chi connectivity index (χ4n) is 4.36. The van der Waals surface area contributed by atoms with Crippen molar-refractivity contribution in [2.45, 2.75) is 45.7 Å². The maximum atomic E-state index is 6.26. The molecule has 1 aromatic carbocycles. The van der Waals surface area contributed by atoms with Gasteiger partial charge in [-0.2, -0.15) is 0 Å². The van der Waals surface area contributed by atoms with Gasteiger partial charge in [-0.15, -0.1) is 0 Å². The highest BCUT2D eigenvalue weighted by atomic mass is 35.5. The molecule has 0 bridgehead atoms. The van der Waals surface area contributed by atoms with E-state index in [1.54, 1.807) is 0 Å². The largest absolute Gasteiger partial charge is 0.357 e. The Kier molecular flexibility index (Phi) is 6.45. The number of hydrogen-bond donors (Lipinski definition) is 2. The molecule has 1 unspecified atom stereocenters. The van der Waals surface area contributed by atoms with Crippen molar-refractivity contribution in [3.05, 3.63) is 63.0 Å². The van der Waals surface area contributed by atoms with Crippen molar-refractivity contribution in [2.75, 3.05) is 19.6 Å². The van der Waals surface area contributed by atoms with Crippen LogP contribution in [-0.4, -0.2) is 34.5 Å². The molecule has 1 aliphatic heterocycles. The Morgan fingerprint density at radius 3 is 2.86 bits per heavy atom. The number of pyridine rings is 1. The minimum absolute atomic E-state index is 0.538. The predicted molar refractivity (Wildman–Crippen MR) is 122 cm³/mol. The normalized spacial score (nSPS) is 17.0.